The minimum absolute atomic E-state index is 0.484. The molecule has 1 aromatic heterocycles. The number of aryl methyl sites for hydroxylation is 1. The third-order valence-electron chi connectivity index (χ3n) is 5.50. The van der Waals surface area contributed by atoms with Crippen LogP contribution in [0, 0.1) is 16.7 Å². The van der Waals surface area contributed by atoms with Crippen LogP contribution in [-0.2, 0) is 6.42 Å². The Balaban J connectivity index is 1.95. The molecule has 0 bridgehead atoms. The second-order valence-electron chi connectivity index (χ2n) is 8.00. The minimum atomic E-state index is 0.484. The van der Waals surface area contributed by atoms with E-state index in [1.165, 1.54) is 45.1 Å². The average Bonchev–Trinajstić information content (AvgIpc) is 2.96. The molecule has 1 saturated carbocycles. The van der Waals surface area contributed by atoms with E-state index < -0.39 is 0 Å². The topological polar surface area (TPSA) is 12.0 Å². The molecule has 0 aromatic carbocycles. The van der Waals surface area contributed by atoms with E-state index in [2.05, 4.69) is 50.5 Å². The summed E-state index contributed by atoms with van der Waals surface area (Å²) in [4.78, 5) is 1.56. The Morgan fingerprint density at radius 2 is 2.00 bits per heavy atom. The van der Waals surface area contributed by atoms with Gasteiger partial charge >= 0.3 is 0 Å². The molecule has 1 aliphatic rings. The molecule has 120 valence electrons. The maximum Gasteiger partial charge on any atom is 0.00454 e. The van der Waals surface area contributed by atoms with Crippen molar-refractivity contribution in [3.05, 3.63) is 22.4 Å². The lowest BCUT2D eigenvalue weighted by molar-refractivity contribution is 0.0804. The summed E-state index contributed by atoms with van der Waals surface area (Å²) in [6.45, 7) is 11.8. The molecule has 2 heteroatoms. The molecule has 1 heterocycles. The summed E-state index contributed by atoms with van der Waals surface area (Å²) in [7, 11) is 0. The first-order valence-corrected chi connectivity index (χ1v) is 9.56. The molecule has 2 rings (SSSR count). The van der Waals surface area contributed by atoms with Crippen LogP contribution in [-0.4, -0.2) is 13.1 Å². The van der Waals surface area contributed by atoms with Crippen LogP contribution in [0.15, 0.2) is 17.5 Å². The third kappa shape index (κ3) is 4.82. The second-order valence-corrected chi connectivity index (χ2v) is 9.03. The predicted octanol–water partition coefficient (Wildman–Crippen LogP) is 5.51. The van der Waals surface area contributed by atoms with E-state index >= 15 is 0 Å². The molecular formula is C19H33NS. The van der Waals surface area contributed by atoms with Gasteiger partial charge in [-0.05, 0) is 73.3 Å². The molecule has 0 saturated heterocycles. The second kappa shape index (κ2) is 7.28. The van der Waals surface area contributed by atoms with Crippen LogP contribution >= 0.6 is 11.3 Å². The van der Waals surface area contributed by atoms with E-state index in [9.17, 15) is 0 Å². The maximum absolute atomic E-state index is 3.65. The fourth-order valence-electron chi connectivity index (χ4n) is 3.84. The summed E-state index contributed by atoms with van der Waals surface area (Å²) in [5, 5.41) is 5.86. The maximum atomic E-state index is 3.65. The first-order chi connectivity index (χ1) is 9.95. The molecule has 0 spiro atoms. The van der Waals surface area contributed by atoms with Gasteiger partial charge in [-0.3, -0.25) is 0 Å². The highest BCUT2D eigenvalue weighted by molar-refractivity contribution is 7.09. The summed E-state index contributed by atoms with van der Waals surface area (Å²) >= 11 is 1.92. The van der Waals surface area contributed by atoms with Crippen molar-refractivity contribution in [2.75, 3.05) is 13.1 Å². The van der Waals surface area contributed by atoms with Crippen molar-refractivity contribution in [3.63, 3.8) is 0 Å². The Hall–Kier alpha value is -0.340. The van der Waals surface area contributed by atoms with Crippen LogP contribution in [0.1, 0.15) is 64.7 Å². The summed E-state index contributed by atoms with van der Waals surface area (Å²) in [5.74, 6) is 0.911. The van der Waals surface area contributed by atoms with Crippen molar-refractivity contribution in [2.24, 2.45) is 16.7 Å². The Morgan fingerprint density at radius 1 is 1.29 bits per heavy atom. The van der Waals surface area contributed by atoms with E-state index in [4.69, 9.17) is 0 Å². The van der Waals surface area contributed by atoms with Crippen LogP contribution < -0.4 is 5.32 Å². The highest BCUT2D eigenvalue weighted by Gasteiger charge is 2.38. The lowest BCUT2D eigenvalue weighted by Gasteiger charge is -2.44. The van der Waals surface area contributed by atoms with Crippen molar-refractivity contribution in [3.8, 4) is 0 Å². The van der Waals surface area contributed by atoms with Crippen molar-refractivity contribution >= 4 is 11.3 Å². The Labute approximate surface area is 135 Å². The van der Waals surface area contributed by atoms with Gasteiger partial charge in [-0.1, -0.05) is 33.8 Å². The Kier molecular flexibility index (Phi) is 5.90. The van der Waals surface area contributed by atoms with Crippen LogP contribution in [0.25, 0.3) is 0 Å². The van der Waals surface area contributed by atoms with Gasteiger partial charge in [0.15, 0.2) is 0 Å². The number of rotatable bonds is 6. The number of nitrogens with one attached hydrogen (secondary N) is 1. The highest BCUT2D eigenvalue weighted by Crippen LogP contribution is 2.47. The molecule has 0 radical (unpaired) electrons. The van der Waals surface area contributed by atoms with Crippen LogP contribution in [0.3, 0.4) is 0 Å². The van der Waals surface area contributed by atoms with E-state index in [-0.39, 0.29) is 0 Å². The molecule has 1 aromatic rings. The lowest BCUT2D eigenvalue weighted by atomic mass is 9.62. The number of hydrogen-bond acceptors (Lipinski definition) is 2. The summed E-state index contributed by atoms with van der Waals surface area (Å²) in [6, 6.07) is 4.49. The summed E-state index contributed by atoms with van der Waals surface area (Å²) < 4.78 is 0. The molecule has 0 atom stereocenters. The quantitative estimate of drug-likeness (QED) is 0.730. The van der Waals surface area contributed by atoms with E-state index in [1.807, 2.05) is 11.3 Å². The molecule has 0 unspecified atom stereocenters. The van der Waals surface area contributed by atoms with E-state index in [0.717, 1.165) is 12.5 Å². The lowest BCUT2D eigenvalue weighted by Crippen LogP contribution is -2.40. The van der Waals surface area contributed by atoms with Crippen LogP contribution in [0.2, 0.25) is 0 Å². The zero-order valence-corrected chi connectivity index (χ0v) is 15.2. The molecule has 1 fully saturated rings. The minimum Gasteiger partial charge on any atom is -0.316 e. The largest absolute Gasteiger partial charge is 0.316 e. The normalized spacial score (nSPS) is 27.0. The first kappa shape index (κ1) is 17.0. The smallest absolute Gasteiger partial charge is 0.00454 e. The molecule has 1 nitrogen and oxygen atoms in total. The van der Waals surface area contributed by atoms with Gasteiger partial charge in [0.2, 0.25) is 0 Å². The van der Waals surface area contributed by atoms with Crippen LogP contribution in [0.5, 0.6) is 0 Å². The fraction of sp³-hybridized carbons (Fsp3) is 0.789. The molecular weight excluding hydrogens is 274 g/mol. The molecule has 0 amide bonds. The summed E-state index contributed by atoms with van der Waals surface area (Å²) in [6.07, 6.45) is 8.28. The third-order valence-corrected chi connectivity index (χ3v) is 6.44. The fourth-order valence-corrected chi connectivity index (χ4v) is 4.55. The molecule has 1 N–H and O–H groups in total. The standard InChI is InChI=1S/C19H33NS/c1-5-20-15-19(13-10-17-7-6-14-21-17)11-8-16(9-12-19)18(2,3)4/h6-7,14,16,20H,5,8-13,15H2,1-4H3. The van der Waals surface area contributed by atoms with Crippen LogP contribution in [0.4, 0.5) is 0 Å². The van der Waals surface area contributed by atoms with Crippen molar-refractivity contribution in [1.82, 2.24) is 5.32 Å². The zero-order chi connectivity index (χ0) is 15.3. The zero-order valence-electron chi connectivity index (χ0n) is 14.4. The van der Waals surface area contributed by atoms with Gasteiger partial charge < -0.3 is 5.32 Å². The van der Waals surface area contributed by atoms with Gasteiger partial charge in [-0.25, -0.2) is 0 Å². The first-order valence-electron chi connectivity index (χ1n) is 8.68. The monoisotopic (exact) mass is 307 g/mol. The van der Waals surface area contributed by atoms with Crippen molar-refractivity contribution in [1.29, 1.82) is 0 Å². The van der Waals surface area contributed by atoms with Gasteiger partial charge in [0, 0.05) is 11.4 Å². The highest BCUT2D eigenvalue weighted by atomic mass is 32.1. The molecule has 0 aliphatic heterocycles. The molecule has 1 aliphatic carbocycles. The number of hydrogen-bond donors (Lipinski definition) is 1. The summed E-state index contributed by atoms with van der Waals surface area (Å²) in [5.41, 5.74) is 1.03. The average molecular weight is 308 g/mol. The number of thiophene rings is 1. The van der Waals surface area contributed by atoms with E-state index in [1.54, 1.807) is 4.88 Å². The van der Waals surface area contributed by atoms with Gasteiger partial charge in [-0.15, -0.1) is 11.3 Å². The Bertz CT molecular complexity index is 394. The van der Waals surface area contributed by atoms with Gasteiger partial charge in [0.1, 0.15) is 0 Å². The van der Waals surface area contributed by atoms with Crippen molar-refractivity contribution < 1.29 is 0 Å². The Morgan fingerprint density at radius 3 is 2.52 bits per heavy atom. The van der Waals surface area contributed by atoms with E-state index in [0.29, 0.717) is 10.8 Å². The van der Waals surface area contributed by atoms with Gasteiger partial charge in [0.25, 0.3) is 0 Å². The predicted molar refractivity (Wildman–Crippen MR) is 95.0 cm³/mol. The van der Waals surface area contributed by atoms with Crippen molar-refractivity contribution in [2.45, 2.75) is 66.2 Å². The van der Waals surface area contributed by atoms with Gasteiger partial charge in [0.05, 0.1) is 0 Å². The van der Waals surface area contributed by atoms with Gasteiger partial charge in [-0.2, -0.15) is 0 Å². The SMILES string of the molecule is CCNCC1(CCc2cccs2)CCC(C(C)(C)C)CC1. The molecule has 21 heavy (non-hydrogen) atoms.